The van der Waals surface area contributed by atoms with Crippen molar-refractivity contribution in [3.63, 3.8) is 0 Å². The molecule has 3 rings (SSSR count). The molecule has 0 fully saturated rings. The Morgan fingerprint density at radius 2 is 1.81 bits per heavy atom. The molecule has 0 spiro atoms. The molecule has 2 aromatic carbocycles. The zero-order valence-corrected chi connectivity index (χ0v) is 13.2. The van der Waals surface area contributed by atoms with Gasteiger partial charge in [-0.1, -0.05) is 17.7 Å². The van der Waals surface area contributed by atoms with Gasteiger partial charge in [-0.2, -0.15) is 0 Å². The SMILES string of the molecule is Fc1ccc(SCc2c(Cl)ccc3c2CCNCC3)cc1. The van der Waals surface area contributed by atoms with Gasteiger partial charge in [0.25, 0.3) is 0 Å². The lowest BCUT2D eigenvalue weighted by molar-refractivity contribution is 0.626. The molecule has 0 aliphatic carbocycles. The molecule has 0 unspecified atom stereocenters. The van der Waals surface area contributed by atoms with E-state index in [9.17, 15) is 4.39 Å². The van der Waals surface area contributed by atoms with E-state index in [0.717, 1.165) is 41.6 Å². The van der Waals surface area contributed by atoms with Gasteiger partial charge in [-0.05, 0) is 73.0 Å². The number of benzene rings is 2. The lowest BCUT2D eigenvalue weighted by Gasteiger charge is -2.14. The normalized spacial score (nSPS) is 14.6. The first-order valence-electron chi connectivity index (χ1n) is 7.12. The fourth-order valence-electron chi connectivity index (χ4n) is 2.66. The highest BCUT2D eigenvalue weighted by Crippen LogP contribution is 2.32. The van der Waals surface area contributed by atoms with Crippen LogP contribution < -0.4 is 5.32 Å². The van der Waals surface area contributed by atoms with Gasteiger partial charge >= 0.3 is 0 Å². The van der Waals surface area contributed by atoms with Crippen LogP contribution in [0.5, 0.6) is 0 Å². The van der Waals surface area contributed by atoms with Crippen LogP contribution in [0.4, 0.5) is 4.39 Å². The number of hydrogen-bond donors (Lipinski definition) is 1. The van der Waals surface area contributed by atoms with Gasteiger partial charge in [0.15, 0.2) is 0 Å². The molecule has 0 saturated carbocycles. The molecule has 0 atom stereocenters. The monoisotopic (exact) mass is 321 g/mol. The topological polar surface area (TPSA) is 12.0 Å². The predicted molar refractivity (Wildman–Crippen MR) is 87.7 cm³/mol. The second kappa shape index (κ2) is 6.82. The highest BCUT2D eigenvalue weighted by molar-refractivity contribution is 7.98. The van der Waals surface area contributed by atoms with Crippen LogP contribution in [0.1, 0.15) is 16.7 Å². The minimum atomic E-state index is -0.197. The molecule has 1 aliphatic rings. The van der Waals surface area contributed by atoms with Crippen LogP contribution in [0.15, 0.2) is 41.3 Å². The number of fused-ring (bicyclic) bond motifs is 1. The summed E-state index contributed by atoms with van der Waals surface area (Å²) < 4.78 is 12.9. The molecule has 1 N–H and O–H groups in total. The number of thioether (sulfide) groups is 1. The smallest absolute Gasteiger partial charge is 0.123 e. The van der Waals surface area contributed by atoms with Crippen LogP contribution in [-0.4, -0.2) is 13.1 Å². The van der Waals surface area contributed by atoms with Crippen molar-refractivity contribution in [1.29, 1.82) is 0 Å². The van der Waals surface area contributed by atoms with E-state index in [1.807, 2.05) is 18.2 Å². The molecule has 110 valence electrons. The summed E-state index contributed by atoms with van der Waals surface area (Å²) >= 11 is 8.12. The average Bonchev–Trinajstić information content (AvgIpc) is 2.73. The largest absolute Gasteiger partial charge is 0.316 e. The van der Waals surface area contributed by atoms with Crippen molar-refractivity contribution >= 4 is 23.4 Å². The van der Waals surface area contributed by atoms with Crippen LogP contribution in [0.25, 0.3) is 0 Å². The third kappa shape index (κ3) is 3.60. The summed E-state index contributed by atoms with van der Waals surface area (Å²) in [7, 11) is 0. The van der Waals surface area contributed by atoms with Crippen molar-refractivity contribution in [2.45, 2.75) is 23.5 Å². The minimum absolute atomic E-state index is 0.197. The summed E-state index contributed by atoms with van der Waals surface area (Å²) in [4.78, 5) is 1.07. The van der Waals surface area contributed by atoms with Crippen LogP contribution >= 0.6 is 23.4 Å². The maximum atomic E-state index is 12.9. The number of hydrogen-bond acceptors (Lipinski definition) is 2. The fourth-order valence-corrected chi connectivity index (χ4v) is 3.95. The maximum Gasteiger partial charge on any atom is 0.123 e. The van der Waals surface area contributed by atoms with Gasteiger partial charge in [0, 0.05) is 15.7 Å². The van der Waals surface area contributed by atoms with Crippen LogP contribution in [0.2, 0.25) is 5.02 Å². The van der Waals surface area contributed by atoms with Crippen molar-refractivity contribution in [2.75, 3.05) is 13.1 Å². The highest BCUT2D eigenvalue weighted by atomic mass is 35.5. The number of rotatable bonds is 3. The first kappa shape index (κ1) is 14.9. The van der Waals surface area contributed by atoms with E-state index in [1.165, 1.54) is 28.8 Å². The molecule has 0 radical (unpaired) electrons. The van der Waals surface area contributed by atoms with Crippen LogP contribution in [0.3, 0.4) is 0 Å². The first-order chi connectivity index (χ1) is 10.2. The summed E-state index contributed by atoms with van der Waals surface area (Å²) in [5.74, 6) is 0.630. The Labute approximate surface area is 133 Å². The summed E-state index contributed by atoms with van der Waals surface area (Å²) in [6.07, 6.45) is 2.08. The zero-order chi connectivity index (χ0) is 14.7. The number of nitrogens with one attached hydrogen (secondary N) is 1. The summed E-state index contributed by atoms with van der Waals surface area (Å²) in [5, 5.41) is 4.27. The van der Waals surface area contributed by atoms with Crippen LogP contribution in [-0.2, 0) is 18.6 Å². The quantitative estimate of drug-likeness (QED) is 0.838. The van der Waals surface area contributed by atoms with Gasteiger partial charge in [-0.25, -0.2) is 4.39 Å². The molecule has 1 heterocycles. The standard InChI is InChI=1S/C17H17ClFNS/c18-17-6-1-12-7-9-20-10-8-15(12)16(17)11-21-14-4-2-13(19)3-5-14/h1-6,20H,7-11H2. The van der Waals surface area contributed by atoms with E-state index >= 15 is 0 Å². The molecular formula is C17H17ClFNS. The Balaban J connectivity index is 1.82. The van der Waals surface area contributed by atoms with Gasteiger partial charge < -0.3 is 5.32 Å². The molecule has 0 bridgehead atoms. The Bertz CT molecular complexity index is 627. The third-order valence-electron chi connectivity index (χ3n) is 3.79. The van der Waals surface area contributed by atoms with Crippen molar-refractivity contribution in [1.82, 2.24) is 5.32 Å². The van der Waals surface area contributed by atoms with Crippen molar-refractivity contribution in [2.24, 2.45) is 0 Å². The lowest BCUT2D eigenvalue weighted by atomic mass is 9.98. The molecule has 0 aromatic heterocycles. The van der Waals surface area contributed by atoms with E-state index in [2.05, 4.69) is 11.4 Å². The van der Waals surface area contributed by atoms with Gasteiger partial charge in [0.1, 0.15) is 5.82 Å². The van der Waals surface area contributed by atoms with E-state index in [4.69, 9.17) is 11.6 Å². The second-order valence-electron chi connectivity index (χ2n) is 5.16. The van der Waals surface area contributed by atoms with Gasteiger partial charge in [-0.15, -0.1) is 11.8 Å². The number of halogens is 2. The van der Waals surface area contributed by atoms with Crippen molar-refractivity contribution in [3.8, 4) is 0 Å². The Morgan fingerprint density at radius 3 is 2.62 bits per heavy atom. The van der Waals surface area contributed by atoms with E-state index in [0.29, 0.717) is 0 Å². The predicted octanol–water partition coefficient (Wildman–Crippen LogP) is 4.46. The van der Waals surface area contributed by atoms with Gasteiger partial charge in [0.05, 0.1) is 0 Å². The molecule has 1 nitrogen and oxygen atoms in total. The fraction of sp³-hybridized carbons (Fsp3) is 0.294. The molecular weight excluding hydrogens is 305 g/mol. The Kier molecular flexibility index (Phi) is 4.84. The molecule has 1 aliphatic heterocycles. The third-order valence-corrected chi connectivity index (χ3v) is 5.18. The van der Waals surface area contributed by atoms with Gasteiger partial charge in [0.2, 0.25) is 0 Å². The van der Waals surface area contributed by atoms with Crippen LogP contribution in [0, 0.1) is 5.82 Å². The van der Waals surface area contributed by atoms with E-state index in [-0.39, 0.29) is 5.82 Å². The average molecular weight is 322 g/mol. The van der Waals surface area contributed by atoms with Crippen molar-refractivity contribution in [3.05, 3.63) is 63.9 Å². The lowest BCUT2D eigenvalue weighted by Crippen LogP contribution is -2.16. The van der Waals surface area contributed by atoms with Gasteiger partial charge in [-0.3, -0.25) is 0 Å². The molecule has 2 aromatic rings. The minimum Gasteiger partial charge on any atom is -0.316 e. The van der Waals surface area contributed by atoms with E-state index in [1.54, 1.807) is 11.8 Å². The van der Waals surface area contributed by atoms with E-state index < -0.39 is 0 Å². The second-order valence-corrected chi connectivity index (χ2v) is 6.61. The Hall–Kier alpha value is -1.03. The molecule has 0 saturated heterocycles. The summed E-state index contributed by atoms with van der Waals surface area (Å²) in [5.41, 5.74) is 4.02. The first-order valence-corrected chi connectivity index (χ1v) is 8.48. The Morgan fingerprint density at radius 1 is 1.05 bits per heavy atom. The highest BCUT2D eigenvalue weighted by Gasteiger charge is 2.14. The summed E-state index contributed by atoms with van der Waals surface area (Å²) in [6.45, 7) is 2.03. The zero-order valence-electron chi connectivity index (χ0n) is 11.7. The molecule has 21 heavy (non-hydrogen) atoms. The molecule has 0 amide bonds. The van der Waals surface area contributed by atoms with Crippen molar-refractivity contribution < 1.29 is 4.39 Å². The molecule has 4 heteroatoms. The maximum absolute atomic E-state index is 12.9. The summed E-state index contributed by atoms with van der Waals surface area (Å²) in [6, 6.07) is 10.8.